The van der Waals surface area contributed by atoms with E-state index in [0.29, 0.717) is 0 Å². The van der Waals surface area contributed by atoms with Crippen molar-refractivity contribution in [1.82, 2.24) is 4.31 Å². The summed E-state index contributed by atoms with van der Waals surface area (Å²) in [5.41, 5.74) is -0.0649. The highest BCUT2D eigenvalue weighted by Crippen LogP contribution is 2.19. The Morgan fingerprint density at radius 1 is 1.22 bits per heavy atom. The van der Waals surface area contributed by atoms with Gasteiger partial charge >= 0.3 is 0 Å². The Morgan fingerprint density at radius 3 is 2.48 bits per heavy atom. The zero-order valence-corrected chi connectivity index (χ0v) is 13.7. The highest BCUT2D eigenvalue weighted by Gasteiger charge is 2.22. The number of halogens is 2. The van der Waals surface area contributed by atoms with Gasteiger partial charge in [-0.05, 0) is 30.3 Å². The lowest BCUT2D eigenvalue weighted by molar-refractivity contribution is -0.116. The molecule has 0 heterocycles. The van der Waals surface area contributed by atoms with E-state index in [1.165, 1.54) is 31.3 Å². The van der Waals surface area contributed by atoms with Crippen LogP contribution in [0.4, 0.5) is 10.1 Å². The number of carbonyl (C=O) groups excluding carboxylic acids is 1. The van der Waals surface area contributed by atoms with E-state index in [1.807, 2.05) is 0 Å². The minimum atomic E-state index is -3.79. The lowest BCUT2D eigenvalue weighted by Gasteiger charge is -2.17. The van der Waals surface area contributed by atoms with Crippen molar-refractivity contribution in [3.05, 3.63) is 59.4 Å². The first-order chi connectivity index (χ1) is 10.8. The van der Waals surface area contributed by atoms with Gasteiger partial charge in [-0.15, -0.1) is 0 Å². The molecule has 2 aromatic carbocycles. The van der Waals surface area contributed by atoms with Crippen molar-refractivity contribution in [2.45, 2.75) is 4.90 Å². The van der Waals surface area contributed by atoms with Gasteiger partial charge in [0.2, 0.25) is 15.9 Å². The van der Waals surface area contributed by atoms with E-state index in [1.54, 1.807) is 18.2 Å². The predicted molar refractivity (Wildman–Crippen MR) is 86.3 cm³/mol. The number of amides is 1. The second kappa shape index (κ2) is 7.08. The van der Waals surface area contributed by atoms with E-state index in [0.717, 1.165) is 10.4 Å². The summed E-state index contributed by atoms with van der Waals surface area (Å²) >= 11 is 5.63. The summed E-state index contributed by atoms with van der Waals surface area (Å²) in [6.45, 7) is -0.445. The molecule has 0 spiro atoms. The maximum atomic E-state index is 13.6. The summed E-state index contributed by atoms with van der Waals surface area (Å²) in [6, 6.07) is 11.5. The van der Waals surface area contributed by atoms with Crippen LogP contribution in [0.1, 0.15) is 0 Å². The van der Waals surface area contributed by atoms with Crippen LogP contribution in [0.2, 0.25) is 5.02 Å². The molecule has 0 aromatic heterocycles. The molecule has 0 bridgehead atoms. The number of rotatable bonds is 5. The number of sulfonamides is 1. The maximum Gasteiger partial charge on any atom is 0.243 e. The van der Waals surface area contributed by atoms with Gasteiger partial charge < -0.3 is 5.32 Å². The molecule has 2 rings (SSSR count). The highest BCUT2D eigenvalue weighted by atomic mass is 35.5. The van der Waals surface area contributed by atoms with Crippen molar-refractivity contribution in [1.29, 1.82) is 0 Å². The van der Waals surface area contributed by atoms with Crippen molar-refractivity contribution in [2.24, 2.45) is 0 Å². The topological polar surface area (TPSA) is 66.5 Å². The lowest BCUT2D eigenvalue weighted by atomic mass is 10.3. The van der Waals surface area contributed by atoms with Crippen LogP contribution in [0.15, 0.2) is 53.4 Å². The van der Waals surface area contributed by atoms with Crippen LogP contribution in [0.25, 0.3) is 0 Å². The zero-order valence-electron chi connectivity index (χ0n) is 12.2. The van der Waals surface area contributed by atoms with Gasteiger partial charge in [0, 0.05) is 12.1 Å². The number of hydrogen-bond donors (Lipinski definition) is 1. The van der Waals surface area contributed by atoms with Crippen molar-refractivity contribution >= 4 is 33.2 Å². The molecule has 8 heteroatoms. The van der Waals surface area contributed by atoms with E-state index in [9.17, 15) is 17.6 Å². The molecule has 0 aliphatic rings. The Bertz CT molecular complexity index is 813. The first kappa shape index (κ1) is 17.4. The van der Waals surface area contributed by atoms with Crippen LogP contribution in [0, 0.1) is 5.82 Å². The number of carbonyl (C=O) groups is 1. The second-order valence-electron chi connectivity index (χ2n) is 4.75. The Balaban J connectivity index is 2.08. The van der Waals surface area contributed by atoms with Gasteiger partial charge in [-0.2, -0.15) is 4.31 Å². The molecule has 0 saturated carbocycles. The van der Waals surface area contributed by atoms with Gasteiger partial charge in [0.25, 0.3) is 0 Å². The van der Waals surface area contributed by atoms with E-state index in [-0.39, 0.29) is 15.6 Å². The average Bonchev–Trinajstić information content (AvgIpc) is 2.51. The Morgan fingerprint density at radius 2 is 1.87 bits per heavy atom. The Labute approximate surface area is 138 Å². The molecule has 122 valence electrons. The first-order valence-electron chi connectivity index (χ1n) is 6.57. The molecular formula is C15H14ClFN2O3S. The number of anilines is 1. The summed E-state index contributed by atoms with van der Waals surface area (Å²) in [7, 11) is -2.51. The summed E-state index contributed by atoms with van der Waals surface area (Å²) < 4.78 is 39.1. The average molecular weight is 357 g/mol. The summed E-state index contributed by atoms with van der Waals surface area (Å²) in [5, 5.41) is 2.51. The molecule has 0 unspecified atom stereocenters. The molecule has 2 aromatic rings. The van der Waals surface area contributed by atoms with Crippen LogP contribution in [0.5, 0.6) is 0 Å². The molecule has 0 atom stereocenters. The second-order valence-corrected chi connectivity index (χ2v) is 7.23. The normalized spacial score (nSPS) is 11.5. The van der Waals surface area contributed by atoms with E-state index in [4.69, 9.17) is 11.6 Å². The molecule has 0 saturated heterocycles. The van der Waals surface area contributed by atoms with Crippen molar-refractivity contribution in [3.8, 4) is 0 Å². The van der Waals surface area contributed by atoms with Crippen molar-refractivity contribution in [3.63, 3.8) is 0 Å². The number of hydrogen-bond acceptors (Lipinski definition) is 3. The minimum absolute atomic E-state index is 0.0649. The predicted octanol–water partition coefficient (Wildman–Crippen LogP) is 2.74. The van der Waals surface area contributed by atoms with Crippen LogP contribution in [-0.4, -0.2) is 32.2 Å². The highest BCUT2D eigenvalue weighted by molar-refractivity contribution is 7.89. The number of likely N-dealkylation sites (N-methyl/N-ethyl adjacent to an activating group) is 1. The van der Waals surface area contributed by atoms with Gasteiger partial charge in [-0.3, -0.25) is 4.79 Å². The molecule has 0 radical (unpaired) electrons. The molecule has 1 N–H and O–H groups in total. The Hall–Kier alpha value is -1.96. The Kier molecular flexibility index (Phi) is 5.35. The van der Waals surface area contributed by atoms with Gasteiger partial charge in [-0.25, -0.2) is 12.8 Å². The third-order valence-electron chi connectivity index (χ3n) is 3.02. The fraction of sp³-hybridized carbons (Fsp3) is 0.133. The minimum Gasteiger partial charge on any atom is -0.322 e. The quantitative estimate of drug-likeness (QED) is 0.895. The van der Waals surface area contributed by atoms with Crippen LogP contribution < -0.4 is 5.32 Å². The van der Waals surface area contributed by atoms with Crippen LogP contribution in [-0.2, 0) is 14.8 Å². The molecule has 23 heavy (non-hydrogen) atoms. The fourth-order valence-electron chi connectivity index (χ4n) is 1.84. The third-order valence-corrected chi connectivity index (χ3v) is 5.08. The molecule has 5 nitrogen and oxygen atoms in total. The molecular weight excluding hydrogens is 343 g/mol. The zero-order chi connectivity index (χ0) is 17.0. The van der Waals surface area contributed by atoms with Gasteiger partial charge in [0.1, 0.15) is 5.82 Å². The van der Waals surface area contributed by atoms with E-state index >= 15 is 0 Å². The maximum absolute atomic E-state index is 13.6. The SMILES string of the molecule is CN(CC(=O)Nc1ccc(Cl)cc1F)S(=O)(=O)c1ccccc1. The van der Waals surface area contributed by atoms with Crippen molar-refractivity contribution in [2.75, 3.05) is 18.9 Å². The molecule has 1 amide bonds. The fourth-order valence-corrected chi connectivity index (χ4v) is 3.15. The van der Waals surface area contributed by atoms with Gasteiger partial charge in [0.15, 0.2) is 0 Å². The van der Waals surface area contributed by atoms with Crippen LogP contribution >= 0.6 is 11.6 Å². The standard InChI is InChI=1S/C15H14ClFN2O3S/c1-19(23(21,22)12-5-3-2-4-6-12)10-15(20)18-14-8-7-11(16)9-13(14)17/h2-9H,10H2,1H3,(H,18,20). The molecule has 0 fully saturated rings. The lowest BCUT2D eigenvalue weighted by Crippen LogP contribution is -2.35. The molecule has 0 aliphatic carbocycles. The van der Waals surface area contributed by atoms with Crippen molar-refractivity contribution < 1.29 is 17.6 Å². The summed E-state index contributed by atoms with van der Waals surface area (Å²) in [5.74, 6) is -1.35. The number of nitrogens with one attached hydrogen (secondary N) is 1. The van der Waals surface area contributed by atoms with Crippen LogP contribution in [0.3, 0.4) is 0 Å². The van der Waals surface area contributed by atoms with E-state index < -0.39 is 28.3 Å². The third kappa shape index (κ3) is 4.28. The summed E-state index contributed by atoms with van der Waals surface area (Å²) in [4.78, 5) is 12.0. The monoisotopic (exact) mass is 356 g/mol. The van der Waals surface area contributed by atoms with Gasteiger partial charge in [-0.1, -0.05) is 29.8 Å². The smallest absolute Gasteiger partial charge is 0.243 e. The van der Waals surface area contributed by atoms with E-state index in [2.05, 4.69) is 5.32 Å². The molecule has 0 aliphatic heterocycles. The number of benzene rings is 2. The largest absolute Gasteiger partial charge is 0.322 e. The summed E-state index contributed by atoms with van der Waals surface area (Å²) in [6.07, 6.45) is 0. The van der Waals surface area contributed by atoms with Gasteiger partial charge in [0.05, 0.1) is 17.1 Å². The number of nitrogens with zero attached hydrogens (tertiary/aromatic N) is 1. The first-order valence-corrected chi connectivity index (χ1v) is 8.39.